The van der Waals surface area contributed by atoms with Crippen LogP contribution in [-0.4, -0.2) is 30.4 Å². The van der Waals surface area contributed by atoms with E-state index in [1.807, 2.05) is 12.1 Å². The molecule has 110 valence electrons. The standard InChI is InChI=1S/C15H22N2O3/c1-20-12-7-5-6-11(10-12)16-15(19)17-13-8-3-2-4-9-14(13)18/h5-7,10,13-14,18H,2-4,8-9H2,1H3,(H2,16,17,19). The molecule has 2 rings (SSSR count). The van der Waals surface area contributed by atoms with Gasteiger partial charge in [-0.25, -0.2) is 4.79 Å². The second kappa shape index (κ2) is 7.14. The Morgan fingerprint density at radius 2 is 2.10 bits per heavy atom. The minimum atomic E-state index is -0.450. The maximum Gasteiger partial charge on any atom is 0.319 e. The molecule has 2 atom stereocenters. The van der Waals surface area contributed by atoms with Gasteiger partial charge in [0.15, 0.2) is 0 Å². The summed E-state index contributed by atoms with van der Waals surface area (Å²) in [5, 5.41) is 15.6. The molecule has 0 heterocycles. The highest BCUT2D eigenvalue weighted by Crippen LogP contribution is 2.19. The Balaban J connectivity index is 1.90. The van der Waals surface area contributed by atoms with Crippen LogP contribution in [0, 0.1) is 0 Å². The molecule has 5 nitrogen and oxygen atoms in total. The molecule has 1 fully saturated rings. The number of hydrogen-bond acceptors (Lipinski definition) is 3. The SMILES string of the molecule is COc1cccc(NC(=O)NC2CCCCCC2O)c1. The number of carbonyl (C=O) groups excluding carboxylic acids is 1. The number of anilines is 1. The molecule has 0 aromatic heterocycles. The van der Waals surface area contributed by atoms with Crippen LogP contribution in [0.3, 0.4) is 0 Å². The lowest BCUT2D eigenvalue weighted by atomic mass is 10.1. The van der Waals surface area contributed by atoms with Crippen molar-refractivity contribution in [2.75, 3.05) is 12.4 Å². The van der Waals surface area contributed by atoms with Crippen LogP contribution in [0.25, 0.3) is 0 Å². The molecule has 2 unspecified atom stereocenters. The maximum absolute atomic E-state index is 12.0. The van der Waals surface area contributed by atoms with Gasteiger partial charge in [0.25, 0.3) is 0 Å². The number of benzene rings is 1. The highest BCUT2D eigenvalue weighted by molar-refractivity contribution is 5.89. The third-order valence-electron chi connectivity index (χ3n) is 3.62. The average molecular weight is 278 g/mol. The summed E-state index contributed by atoms with van der Waals surface area (Å²) in [4.78, 5) is 12.0. The Kier molecular flexibility index (Phi) is 5.24. The van der Waals surface area contributed by atoms with Gasteiger partial charge in [-0.2, -0.15) is 0 Å². The fraction of sp³-hybridized carbons (Fsp3) is 0.533. The van der Waals surface area contributed by atoms with Gasteiger partial charge in [-0.05, 0) is 25.0 Å². The smallest absolute Gasteiger partial charge is 0.319 e. The number of nitrogens with one attached hydrogen (secondary N) is 2. The first-order valence-corrected chi connectivity index (χ1v) is 7.08. The van der Waals surface area contributed by atoms with Crippen molar-refractivity contribution < 1.29 is 14.6 Å². The predicted molar refractivity (Wildman–Crippen MR) is 78.0 cm³/mol. The second-order valence-corrected chi connectivity index (χ2v) is 5.14. The van der Waals surface area contributed by atoms with E-state index in [9.17, 15) is 9.90 Å². The first kappa shape index (κ1) is 14.7. The third kappa shape index (κ3) is 4.13. The van der Waals surface area contributed by atoms with Gasteiger partial charge in [0, 0.05) is 11.8 Å². The molecular weight excluding hydrogens is 256 g/mol. The summed E-state index contributed by atoms with van der Waals surface area (Å²) in [6.45, 7) is 0. The number of aliphatic hydroxyl groups excluding tert-OH is 1. The van der Waals surface area contributed by atoms with E-state index in [1.54, 1.807) is 19.2 Å². The topological polar surface area (TPSA) is 70.6 Å². The number of methoxy groups -OCH3 is 1. The van der Waals surface area contributed by atoms with E-state index >= 15 is 0 Å². The highest BCUT2D eigenvalue weighted by atomic mass is 16.5. The Morgan fingerprint density at radius 3 is 2.90 bits per heavy atom. The zero-order valence-electron chi connectivity index (χ0n) is 11.8. The van der Waals surface area contributed by atoms with E-state index < -0.39 is 6.10 Å². The van der Waals surface area contributed by atoms with Crippen LogP contribution in [0.1, 0.15) is 32.1 Å². The van der Waals surface area contributed by atoms with E-state index in [-0.39, 0.29) is 12.1 Å². The maximum atomic E-state index is 12.0. The Bertz CT molecular complexity index is 450. The van der Waals surface area contributed by atoms with Crippen LogP contribution in [0.5, 0.6) is 5.75 Å². The van der Waals surface area contributed by atoms with E-state index in [0.717, 1.165) is 32.1 Å². The molecule has 3 N–H and O–H groups in total. The molecule has 1 aromatic rings. The Labute approximate surface area is 119 Å². The molecule has 0 spiro atoms. The summed E-state index contributed by atoms with van der Waals surface area (Å²) < 4.78 is 5.11. The number of hydrogen-bond donors (Lipinski definition) is 3. The van der Waals surface area contributed by atoms with E-state index in [4.69, 9.17) is 4.74 Å². The van der Waals surface area contributed by atoms with Crippen molar-refractivity contribution >= 4 is 11.7 Å². The zero-order valence-corrected chi connectivity index (χ0v) is 11.8. The lowest BCUT2D eigenvalue weighted by Gasteiger charge is -2.22. The van der Waals surface area contributed by atoms with Gasteiger partial charge in [0.2, 0.25) is 0 Å². The molecular formula is C15H22N2O3. The van der Waals surface area contributed by atoms with Crippen LogP contribution in [0.4, 0.5) is 10.5 Å². The molecule has 1 aromatic carbocycles. The highest BCUT2D eigenvalue weighted by Gasteiger charge is 2.23. The predicted octanol–water partition coefficient (Wildman–Crippen LogP) is 2.51. The van der Waals surface area contributed by atoms with Crippen molar-refractivity contribution in [3.63, 3.8) is 0 Å². The molecule has 0 aliphatic heterocycles. The van der Waals surface area contributed by atoms with Gasteiger partial charge in [-0.3, -0.25) is 0 Å². The number of carbonyl (C=O) groups is 1. The van der Waals surface area contributed by atoms with Crippen molar-refractivity contribution in [1.82, 2.24) is 5.32 Å². The van der Waals surface area contributed by atoms with E-state index in [0.29, 0.717) is 11.4 Å². The minimum Gasteiger partial charge on any atom is -0.497 e. The first-order valence-electron chi connectivity index (χ1n) is 7.08. The van der Waals surface area contributed by atoms with Crippen molar-refractivity contribution in [2.45, 2.75) is 44.2 Å². The Hall–Kier alpha value is -1.75. The number of rotatable bonds is 3. The normalized spacial score (nSPS) is 22.7. The second-order valence-electron chi connectivity index (χ2n) is 5.14. The van der Waals surface area contributed by atoms with Crippen LogP contribution in [0.2, 0.25) is 0 Å². The van der Waals surface area contributed by atoms with Crippen LogP contribution in [-0.2, 0) is 0 Å². The summed E-state index contributed by atoms with van der Waals surface area (Å²) in [7, 11) is 1.58. The molecule has 0 bridgehead atoms. The molecule has 1 aliphatic rings. The lowest BCUT2D eigenvalue weighted by molar-refractivity contribution is 0.124. The third-order valence-corrected chi connectivity index (χ3v) is 3.62. The average Bonchev–Trinajstić information content (AvgIpc) is 2.64. The van der Waals surface area contributed by atoms with E-state index in [1.165, 1.54) is 0 Å². The van der Waals surface area contributed by atoms with Crippen molar-refractivity contribution in [3.8, 4) is 5.75 Å². The summed E-state index contributed by atoms with van der Waals surface area (Å²) in [5.41, 5.74) is 0.671. The zero-order chi connectivity index (χ0) is 14.4. The van der Waals surface area contributed by atoms with Gasteiger partial charge >= 0.3 is 6.03 Å². The van der Waals surface area contributed by atoms with Crippen LogP contribution >= 0.6 is 0 Å². The van der Waals surface area contributed by atoms with E-state index in [2.05, 4.69) is 10.6 Å². The van der Waals surface area contributed by atoms with Crippen LogP contribution < -0.4 is 15.4 Å². The number of amides is 2. The number of aliphatic hydroxyl groups is 1. The Morgan fingerprint density at radius 1 is 1.30 bits per heavy atom. The molecule has 0 saturated heterocycles. The summed E-state index contributed by atoms with van der Waals surface area (Å²) in [6.07, 6.45) is 4.32. The van der Waals surface area contributed by atoms with Crippen molar-refractivity contribution in [1.29, 1.82) is 0 Å². The summed E-state index contributed by atoms with van der Waals surface area (Å²) in [6, 6.07) is 6.73. The fourth-order valence-electron chi connectivity index (χ4n) is 2.49. The molecule has 5 heteroatoms. The molecule has 1 aliphatic carbocycles. The number of urea groups is 1. The first-order chi connectivity index (χ1) is 9.69. The van der Waals surface area contributed by atoms with Crippen LogP contribution in [0.15, 0.2) is 24.3 Å². The molecule has 20 heavy (non-hydrogen) atoms. The van der Waals surface area contributed by atoms with Gasteiger partial charge in [0.05, 0.1) is 19.3 Å². The molecule has 0 radical (unpaired) electrons. The largest absolute Gasteiger partial charge is 0.497 e. The quantitative estimate of drug-likeness (QED) is 0.744. The van der Waals surface area contributed by atoms with Crippen molar-refractivity contribution in [3.05, 3.63) is 24.3 Å². The molecule has 1 saturated carbocycles. The van der Waals surface area contributed by atoms with Gasteiger partial charge in [-0.15, -0.1) is 0 Å². The monoisotopic (exact) mass is 278 g/mol. The van der Waals surface area contributed by atoms with Crippen molar-refractivity contribution in [2.24, 2.45) is 0 Å². The minimum absolute atomic E-state index is 0.164. The fourth-order valence-corrected chi connectivity index (χ4v) is 2.49. The summed E-state index contributed by atoms with van der Waals surface area (Å²) in [5.74, 6) is 0.692. The van der Waals surface area contributed by atoms with Gasteiger partial charge < -0.3 is 20.5 Å². The van der Waals surface area contributed by atoms with Gasteiger partial charge in [0.1, 0.15) is 5.75 Å². The molecule has 2 amide bonds. The van der Waals surface area contributed by atoms with Gasteiger partial charge in [-0.1, -0.05) is 25.3 Å². The lowest BCUT2D eigenvalue weighted by Crippen LogP contribution is -2.44. The number of ether oxygens (including phenoxy) is 1. The summed E-state index contributed by atoms with van der Waals surface area (Å²) >= 11 is 0.